The Balaban J connectivity index is 1.38. The maximum Gasteiger partial charge on any atom is 0.338 e. The van der Waals surface area contributed by atoms with Gasteiger partial charge in [0.05, 0.1) is 45.2 Å². The maximum absolute atomic E-state index is 12.1. The summed E-state index contributed by atoms with van der Waals surface area (Å²) in [6, 6.07) is 14.4. The van der Waals surface area contributed by atoms with E-state index in [-0.39, 0.29) is 18.5 Å². The van der Waals surface area contributed by atoms with Crippen molar-refractivity contribution in [1.29, 1.82) is 0 Å². The molecule has 9 nitrogen and oxygen atoms in total. The number of anilines is 2. The fourth-order valence-corrected chi connectivity index (χ4v) is 3.01. The van der Waals surface area contributed by atoms with Gasteiger partial charge in [0.25, 0.3) is 0 Å². The lowest BCUT2D eigenvalue weighted by Crippen LogP contribution is -2.15. The second kappa shape index (κ2) is 18.2. The van der Waals surface area contributed by atoms with E-state index < -0.39 is 0 Å². The molecule has 198 valence electrons. The van der Waals surface area contributed by atoms with E-state index >= 15 is 0 Å². The third-order valence-electron chi connectivity index (χ3n) is 4.86. The average Bonchev–Trinajstić information content (AvgIpc) is 2.88. The van der Waals surface area contributed by atoms with Gasteiger partial charge in [-0.3, -0.25) is 4.79 Å². The standard InChI is InChI=1S/C27H38N2O7/c1-3-4-13-28-24-7-5-23(6-8-24)27(31)36-21-19-34-17-15-32-14-16-33-18-20-35-26-11-9-25(10-12-26)29-22(2)30/h5-12,28H,3-4,13-21H2,1-2H3,(H,29,30). The monoisotopic (exact) mass is 502 g/mol. The summed E-state index contributed by atoms with van der Waals surface area (Å²) in [5.74, 6) is 0.234. The van der Waals surface area contributed by atoms with Crippen LogP contribution in [0.4, 0.5) is 11.4 Å². The number of esters is 1. The molecule has 0 aliphatic carbocycles. The molecule has 0 saturated carbocycles. The third-order valence-corrected chi connectivity index (χ3v) is 4.86. The first-order valence-electron chi connectivity index (χ1n) is 12.3. The molecule has 0 heterocycles. The quantitative estimate of drug-likeness (QED) is 0.218. The van der Waals surface area contributed by atoms with E-state index in [4.69, 9.17) is 23.7 Å². The van der Waals surface area contributed by atoms with Gasteiger partial charge in [-0.15, -0.1) is 0 Å². The van der Waals surface area contributed by atoms with E-state index in [9.17, 15) is 9.59 Å². The SMILES string of the molecule is CCCCNc1ccc(C(=O)OCCOCCOCCOCCOc2ccc(NC(C)=O)cc2)cc1. The first kappa shape index (κ1) is 29.1. The van der Waals surface area contributed by atoms with Crippen LogP contribution >= 0.6 is 0 Å². The molecule has 2 aromatic rings. The van der Waals surface area contributed by atoms with Gasteiger partial charge in [0.1, 0.15) is 19.0 Å². The predicted octanol–water partition coefficient (Wildman–Crippen LogP) is 4.14. The molecule has 2 rings (SSSR count). The number of rotatable bonds is 19. The fraction of sp³-hybridized carbons (Fsp3) is 0.481. The van der Waals surface area contributed by atoms with Crippen molar-refractivity contribution in [3.8, 4) is 5.75 Å². The molecule has 2 aromatic carbocycles. The smallest absolute Gasteiger partial charge is 0.338 e. The number of amides is 1. The average molecular weight is 503 g/mol. The largest absolute Gasteiger partial charge is 0.491 e. The van der Waals surface area contributed by atoms with Crippen molar-refractivity contribution in [2.75, 3.05) is 70.0 Å². The summed E-state index contributed by atoms with van der Waals surface area (Å²) in [5, 5.41) is 6.01. The van der Waals surface area contributed by atoms with Crippen LogP contribution in [0.1, 0.15) is 37.0 Å². The second-order valence-electron chi connectivity index (χ2n) is 7.88. The van der Waals surface area contributed by atoms with Crippen molar-refractivity contribution < 1.29 is 33.3 Å². The Kier molecular flexibility index (Phi) is 14.7. The van der Waals surface area contributed by atoms with Crippen LogP contribution in [-0.2, 0) is 23.7 Å². The summed E-state index contributed by atoms with van der Waals surface area (Å²) in [5.41, 5.74) is 2.24. The van der Waals surface area contributed by atoms with Gasteiger partial charge in [0.15, 0.2) is 0 Å². The summed E-state index contributed by atoms with van der Waals surface area (Å²) in [6.07, 6.45) is 2.25. The highest BCUT2D eigenvalue weighted by molar-refractivity contribution is 5.90. The number of hydrogen-bond acceptors (Lipinski definition) is 8. The van der Waals surface area contributed by atoms with Crippen LogP contribution in [0, 0.1) is 0 Å². The molecule has 0 atom stereocenters. The van der Waals surface area contributed by atoms with E-state index in [0.717, 1.165) is 30.8 Å². The van der Waals surface area contributed by atoms with Crippen LogP contribution in [0.25, 0.3) is 0 Å². The second-order valence-corrected chi connectivity index (χ2v) is 7.88. The normalized spacial score (nSPS) is 10.6. The number of ether oxygens (including phenoxy) is 5. The highest BCUT2D eigenvalue weighted by atomic mass is 16.6. The van der Waals surface area contributed by atoms with E-state index in [1.54, 1.807) is 36.4 Å². The predicted molar refractivity (Wildman–Crippen MR) is 139 cm³/mol. The molecule has 36 heavy (non-hydrogen) atoms. The molecule has 0 bridgehead atoms. The molecule has 2 N–H and O–H groups in total. The number of unbranched alkanes of at least 4 members (excludes halogenated alkanes) is 1. The van der Waals surface area contributed by atoms with Crippen LogP contribution in [0.5, 0.6) is 5.75 Å². The van der Waals surface area contributed by atoms with Gasteiger partial charge in [-0.25, -0.2) is 4.79 Å². The summed E-state index contributed by atoms with van der Waals surface area (Å²) in [6.45, 7) is 7.64. The molecule has 0 saturated heterocycles. The minimum absolute atomic E-state index is 0.111. The van der Waals surface area contributed by atoms with E-state index in [2.05, 4.69) is 17.6 Å². The van der Waals surface area contributed by atoms with Crippen molar-refractivity contribution in [2.45, 2.75) is 26.7 Å². The number of carbonyl (C=O) groups excluding carboxylic acids is 2. The zero-order chi connectivity index (χ0) is 25.8. The van der Waals surface area contributed by atoms with E-state index in [1.165, 1.54) is 6.92 Å². The molecule has 0 spiro atoms. The van der Waals surface area contributed by atoms with Crippen molar-refractivity contribution in [1.82, 2.24) is 0 Å². The molecular weight excluding hydrogens is 464 g/mol. The van der Waals surface area contributed by atoms with Gasteiger partial charge >= 0.3 is 5.97 Å². The van der Waals surface area contributed by atoms with Crippen LogP contribution in [0.3, 0.4) is 0 Å². The summed E-state index contributed by atoms with van der Waals surface area (Å²) >= 11 is 0. The molecule has 0 aliphatic rings. The molecule has 0 radical (unpaired) electrons. The van der Waals surface area contributed by atoms with Crippen LogP contribution in [0.15, 0.2) is 48.5 Å². The minimum atomic E-state index is -0.363. The number of hydrogen-bond donors (Lipinski definition) is 2. The lowest BCUT2D eigenvalue weighted by Gasteiger charge is -2.09. The highest BCUT2D eigenvalue weighted by Crippen LogP contribution is 2.15. The summed E-state index contributed by atoms with van der Waals surface area (Å²) in [7, 11) is 0. The molecule has 1 amide bonds. The molecule has 0 unspecified atom stereocenters. The molecule has 0 aromatic heterocycles. The van der Waals surface area contributed by atoms with Gasteiger partial charge in [-0.2, -0.15) is 0 Å². The number of nitrogens with one attached hydrogen (secondary N) is 2. The zero-order valence-electron chi connectivity index (χ0n) is 21.3. The highest BCUT2D eigenvalue weighted by Gasteiger charge is 2.06. The Bertz CT molecular complexity index is 873. The Labute approximate surface area is 213 Å². The minimum Gasteiger partial charge on any atom is -0.491 e. The lowest BCUT2D eigenvalue weighted by molar-refractivity contribution is -0.114. The van der Waals surface area contributed by atoms with Crippen LogP contribution in [0.2, 0.25) is 0 Å². The van der Waals surface area contributed by atoms with Crippen LogP contribution < -0.4 is 15.4 Å². The summed E-state index contributed by atoms with van der Waals surface area (Å²) in [4.78, 5) is 23.1. The summed E-state index contributed by atoms with van der Waals surface area (Å²) < 4.78 is 27.1. The van der Waals surface area contributed by atoms with Gasteiger partial charge < -0.3 is 34.3 Å². The first-order chi connectivity index (χ1) is 17.6. The number of benzene rings is 2. The molecule has 9 heteroatoms. The van der Waals surface area contributed by atoms with Crippen molar-refractivity contribution in [3.63, 3.8) is 0 Å². The van der Waals surface area contributed by atoms with E-state index in [1.807, 2.05) is 12.1 Å². The Morgan fingerprint density at radius 3 is 1.86 bits per heavy atom. The van der Waals surface area contributed by atoms with Crippen LogP contribution in [-0.4, -0.2) is 71.3 Å². The first-order valence-corrected chi connectivity index (χ1v) is 12.3. The van der Waals surface area contributed by atoms with Crippen molar-refractivity contribution >= 4 is 23.3 Å². The van der Waals surface area contributed by atoms with Gasteiger partial charge in [0, 0.05) is 24.8 Å². The Hall–Kier alpha value is -3.14. The van der Waals surface area contributed by atoms with Gasteiger partial charge in [-0.05, 0) is 55.0 Å². The third kappa shape index (κ3) is 13.1. The van der Waals surface area contributed by atoms with Crippen molar-refractivity contribution in [2.24, 2.45) is 0 Å². The molecule has 0 aliphatic heterocycles. The lowest BCUT2D eigenvalue weighted by atomic mass is 10.2. The van der Waals surface area contributed by atoms with Crippen molar-refractivity contribution in [3.05, 3.63) is 54.1 Å². The maximum atomic E-state index is 12.1. The van der Waals surface area contributed by atoms with Gasteiger partial charge in [-0.1, -0.05) is 13.3 Å². The zero-order valence-corrected chi connectivity index (χ0v) is 21.3. The molecular formula is C27H38N2O7. The Morgan fingerprint density at radius 1 is 0.722 bits per heavy atom. The fourth-order valence-electron chi connectivity index (χ4n) is 3.01. The molecule has 0 fully saturated rings. The van der Waals surface area contributed by atoms with E-state index in [0.29, 0.717) is 57.6 Å². The number of carbonyl (C=O) groups is 2. The Morgan fingerprint density at radius 2 is 1.28 bits per heavy atom. The van der Waals surface area contributed by atoms with Gasteiger partial charge in [0.2, 0.25) is 5.91 Å². The topological polar surface area (TPSA) is 104 Å².